The molecule has 1 aromatic rings. The molecule has 112 valence electrons. The largest absolute Gasteiger partial charge is 0.506 e. The van der Waals surface area contributed by atoms with Gasteiger partial charge in [-0.1, -0.05) is 0 Å². The number of halogens is 3. The van der Waals surface area contributed by atoms with Gasteiger partial charge in [-0.2, -0.15) is 0 Å². The maximum Gasteiger partial charge on any atom is 0.258 e. The van der Waals surface area contributed by atoms with Gasteiger partial charge in [0.15, 0.2) is 0 Å². The lowest BCUT2D eigenvalue weighted by molar-refractivity contribution is 0.0169. The van der Waals surface area contributed by atoms with E-state index in [4.69, 9.17) is 4.74 Å². The molecular formula is C13H17BrF2N2O2. The fourth-order valence-corrected chi connectivity index (χ4v) is 2.84. The molecule has 0 spiro atoms. The van der Waals surface area contributed by atoms with Gasteiger partial charge in [0.25, 0.3) is 6.43 Å². The molecule has 0 aromatic heterocycles. The average Bonchev–Trinajstić information content (AvgIpc) is 2.44. The van der Waals surface area contributed by atoms with Gasteiger partial charge in [0.05, 0.1) is 11.6 Å². The van der Waals surface area contributed by atoms with Crippen molar-refractivity contribution in [3.63, 3.8) is 0 Å². The van der Waals surface area contributed by atoms with Gasteiger partial charge in [0, 0.05) is 31.7 Å². The van der Waals surface area contributed by atoms with Crippen molar-refractivity contribution in [2.45, 2.75) is 12.5 Å². The van der Waals surface area contributed by atoms with Gasteiger partial charge in [-0.25, -0.2) is 8.78 Å². The lowest BCUT2D eigenvalue weighted by atomic mass is 10.0. The number of alkyl halides is 2. The Hall–Kier alpha value is -0.920. The first kappa shape index (κ1) is 15.5. The number of methoxy groups -OCH3 is 1. The monoisotopic (exact) mass is 350 g/mol. The Labute approximate surface area is 124 Å². The number of hydrogen-bond donors (Lipinski definition) is 2. The van der Waals surface area contributed by atoms with Crippen LogP contribution >= 0.6 is 15.9 Å². The summed E-state index contributed by atoms with van der Waals surface area (Å²) in [6, 6.07) is 1.89. The minimum absolute atomic E-state index is 0.158. The zero-order valence-corrected chi connectivity index (χ0v) is 12.7. The Morgan fingerprint density at radius 2 is 2.00 bits per heavy atom. The number of aromatic hydroxyl groups is 1. The minimum atomic E-state index is -2.59. The number of phenols is 1. The molecule has 1 atom stereocenters. The molecule has 0 aliphatic carbocycles. The smallest absolute Gasteiger partial charge is 0.258 e. The summed E-state index contributed by atoms with van der Waals surface area (Å²) in [6.07, 6.45) is -2.59. The third-order valence-electron chi connectivity index (χ3n) is 3.40. The number of phenolic OH excluding ortho intramolecular Hbond substituents is 1. The van der Waals surface area contributed by atoms with E-state index < -0.39 is 12.5 Å². The highest BCUT2D eigenvalue weighted by molar-refractivity contribution is 9.10. The van der Waals surface area contributed by atoms with E-state index >= 15 is 0 Å². The summed E-state index contributed by atoms with van der Waals surface area (Å²) < 4.78 is 32.4. The van der Waals surface area contributed by atoms with Crippen LogP contribution in [0.4, 0.5) is 8.78 Å². The molecule has 4 nitrogen and oxygen atoms in total. The summed E-state index contributed by atoms with van der Waals surface area (Å²) in [4.78, 5) is 1.68. The molecule has 2 rings (SSSR count). The van der Waals surface area contributed by atoms with E-state index in [9.17, 15) is 13.9 Å². The molecule has 0 amide bonds. The first-order chi connectivity index (χ1) is 9.54. The van der Waals surface area contributed by atoms with Gasteiger partial charge < -0.3 is 15.2 Å². The van der Waals surface area contributed by atoms with Crippen molar-refractivity contribution in [3.05, 3.63) is 22.2 Å². The lowest BCUT2D eigenvalue weighted by Crippen LogP contribution is -2.46. The van der Waals surface area contributed by atoms with Crippen molar-refractivity contribution in [3.8, 4) is 11.5 Å². The van der Waals surface area contributed by atoms with E-state index in [1.807, 2.05) is 0 Å². The number of hydrogen-bond acceptors (Lipinski definition) is 4. The van der Waals surface area contributed by atoms with Crippen molar-refractivity contribution >= 4 is 15.9 Å². The van der Waals surface area contributed by atoms with E-state index in [1.54, 1.807) is 11.0 Å². The zero-order chi connectivity index (χ0) is 14.7. The summed E-state index contributed by atoms with van der Waals surface area (Å²) in [6.45, 7) is 2.36. The van der Waals surface area contributed by atoms with Crippen LogP contribution in [0.3, 0.4) is 0 Å². The Bertz CT molecular complexity index is 468. The fraction of sp³-hybridized carbons (Fsp3) is 0.538. The van der Waals surface area contributed by atoms with Crippen LogP contribution in [0.5, 0.6) is 11.5 Å². The topological polar surface area (TPSA) is 44.7 Å². The summed E-state index contributed by atoms with van der Waals surface area (Å²) in [7, 11) is 1.46. The van der Waals surface area contributed by atoms with Crippen LogP contribution in [0, 0.1) is 0 Å². The van der Waals surface area contributed by atoms with E-state index in [2.05, 4.69) is 21.2 Å². The normalized spacial score (nSPS) is 18.2. The molecule has 1 aliphatic heterocycles. The molecule has 0 radical (unpaired) electrons. The molecule has 1 heterocycles. The Balaban J connectivity index is 2.40. The van der Waals surface area contributed by atoms with Crippen LogP contribution in [0.2, 0.25) is 0 Å². The van der Waals surface area contributed by atoms with E-state index in [0.717, 1.165) is 0 Å². The number of benzene rings is 1. The maximum absolute atomic E-state index is 13.5. The van der Waals surface area contributed by atoms with E-state index in [1.165, 1.54) is 13.2 Å². The summed E-state index contributed by atoms with van der Waals surface area (Å²) in [5.74, 6) is 0.278. The Morgan fingerprint density at radius 1 is 1.35 bits per heavy atom. The van der Waals surface area contributed by atoms with Crippen molar-refractivity contribution in [2.75, 3.05) is 33.3 Å². The first-order valence-electron chi connectivity index (χ1n) is 6.34. The quantitative estimate of drug-likeness (QED) is 0.874. The summed E-state index contributed by atoms with van der Waals surface area (Å²) >= 11 is 3.17. The molecule has 1 fully saturated rings. The molecule has 1 aliphatic rings. The minimum Gasteiger partial charge on any atom is -0.506 e. The van der Waals surface area contributed by atoms with Gasteiger partial charge in [0.2, 0.25) is 0 Å². The molecule has 2 N–H and O–H groups in total. The number of rotatable bonds is 4. The molecule has 0 unspecified atom stereocenters. The third kappa shape index (κ3) is 3.21. The summed E-state index contributed by atoms with van der Waals surface area (Å²) in [5.41, 5.74) is 0.188. The Kier molecular flexibility index (Phi) is 5.17. The number of nitrogens with one attached hydrogen (secondary N) is 1. The average molecular weight is 351 g/mol. The molecule has 20 heavy (non-hydrogen) atoms. The second kappa shape index (κ2) is 6.69. The van der Waals surface area contributed by atoms with Gasteiger partial charge >= 0.3 is 0 Å². The molecule has 0 bridgehead atoms. The van der Waals surface area contributed by atoms with Crippen molar-refractivity contribution in [2.24, 2.45) is 0 Å². The second-order valence-electron chi connectivity index (χ2n) is 4.61. The summed E-state index contributed by atoms with van der Waals surface area (Å²) in [5, 5.41) is 13.2. The SMILES string of the molecule is COc1cc(Br)c(O)c([C@H](C(F)F)N2CCNCC2)c1. The predicted octanol–water partition coefficient (Wildman–Crippen LogP) is 2.37. The van der Waals surface area contributed by atoms with Crippen LogP contribution in [0.1, 0.15) is 11.6 Å². The van der Waals surface area contributed by atoms with Gasteiger partial charge in [0.1, 0.15) is 17.5 Å². The van der Waals surface area contributed by atoms with Crippen molar-refractivity contribution < 1.29 is 18.6 Å². The zero-order valence-electron chi connectivity index (χ0n) is 11.1. The highest BCUT2D eigenvalue weighted by Gasteiger charge is 2.33. The standard InChI is InChI=1S/C13H17BrF2N2O2/c1-20-8-6-9(12(19)10(14)7-8)11(13(15)16)18-4-2-17-3-5-18/h6-7,11,13,17,19H,2-5H2,1H3/t11-/m1/s1. The first-order valence-corrected chi connectivity index (χ1v) is 7.13. The van der Waals surface area contributed by atoms with Crippen LogP contribution in [-0.4, -0.2) is 49.7 Å². The molecule has 0 saturated carbocycles. The molecular weight excluding hydrogens is 334 g/mol. The third-order valence-corrected chi connectivity index (χ3v) is 4.01. The number of piperazine rings is 1. The number of nitrogens with zero attached hydrogens (tertiary/aromatic N) is 1. The van der Waals surface area contributed by atoms with Crippen molar-refractivity contribution in [1.29, 1.82) is 0 Å². The number of ether oxygens (including phenoxy) is 1. The maximum atomic E-state index is 13.5. The van der Waals surface area contributed by atoms with Crippen LogP contribution in [-0.2, 0) is 0 Å². The van der Waals surface area contributed by atoms with E-state index in [0.29, 0.717) is 36.4 Å². The van der Waals surface area contributed by atoms with Crippen LogP contribution in [0.25, 0.3) is 0 Å². The Morgan fingerprint density at radius 3 is 2.55 bits per heavy atom. The fourth-order valence-electron chi connectivity index (χ4n) is 2.39. The highest BCUT2D eigenvalue weighted by Crippen LogP contribution is 2.40. The molecule has 1 aromatic carbocycles. The predicted molar refractivity (Wildman–Crippen MR) is 75.5 cm³/mol. The second-order valence-corrected chi connectivity index (χ2v) is 5.47. The van der Waals surface area contributed by atoms with E-state index in [-0.39, 0.29) is 11.3 Å². The molecule has 7 heteroatoms. The van der Waals surface area contributed by atoms with Gasteiger partial charge in [-0.15, -0.1) is 0 Å². The highest BCUT2D eigenvalue weighted by atomic mass is 79.9. The van der Waals surface area contributed by atoms with Crippen LogP contribution < -0.4 is 10.1 Å². The van der Waals surface area contributed by atoms with Gasteiger partial charge in [-0.05, 0) is 28.1 Å². The molecule has 1 saturated heterocycles. The van der Waals surface area contributed by atoms with Crippen LogP contribution in [0.15, 0.2) is 16.6 Å². The van der Waals surface area contributed by atoms with Crippen molar-refractivity contribution in [1.82, 2.24) is 10.2 Å². The lowest BCUT2D eigenvalue weighted by Gasteiger charge is -2.35. The van der Waals surface area contributed by atoms with Gasteiger partial charge in [-0.3, -0.25) is 4.90 Å².